The second-order valence-electron chi connectivity index (χ2n) is 4.49. The smallest absolute Gasteiger partial charge is 0.302 e. The van der Waals surface area contributed by atoms with E-state index in [1.807, 2.05) is 12.1 Å². The van der Waals surface area contributed by atoms with Gasteiger partial charge in [-0.2, -0.15) is 0 Å². The molecule has 0 atom stereocenters. The molecule has 1 aliphatic heterocycles. The summed E-state index contributed by atoms with van der Waals surface area (Å²) in [6.07, 6.45) is 1.57. The van der Waals surface area contributed by atoms with Gasteiger partial charge in [-0.05, 0) is 29.8 Å². The van der Waals surface area contributed by atoms with Crippen molar-refractivity contribution in [1.82, 2.24) is 5.32 Å². The average Bonchev–Trinajstić information content (AvgIpc) is 2.77. The number of nitrogens with zero attached hydrogens (tertiary/aromatic N) is 1. The molecule has 0 aliphatic carbocycles. The zero-order chi connectivity index (χ0) is 14.8. The van der Waals surface area contributed by atoms with E-state index in [1.165, 1.54) is 0 Å². The Hall–Kier alpha value is -2.59. The van der Waals surface area contributed by atoms with E-state index in [0.717, 1.165) is 4.90 Å². The predicted molar refractivity (Wildman–Crippen MR) is 81.9 cm³/mol. The minimum Gasteiger partial charge on any atom is -0.302 e. The van der Waals surface area contributed by atoms with Gasteiger partial charge in [0.25, 0.3) is 5.91 Å². The number of hydrogen-bond donors (Lipinski definition) is 1. The largest absolute Gasteiger partial charge is 0.333 e. The number of imide groups is 1. The fourth-order valence-electron chi connectivity index (χ4n) is 2.09. The van der Waals surface area contributed by atoms with Crippen LogP contribution in [0.25, 0.3) is 6.08 Å². The molecule has 1 saturated heterocycles. The highest BCUT2D eigenvalue weighted by Gasteiger charge is 2.34. The van der Waals surface area contributed by atoms with Crippen molar-refractivity contribution in [3.63, 3.8) is 0 Å². The van der Waals surface area contributed by atoms with Gasteiger partial charge < -0.3 is 5.32 Å². The highest BCUT2D eigenvalue weighted by molar-refractivity contribution is 6.33. The Bertz CT molecular complexity index is 741. The lowest BCUT2D eigenvalue weighted by Crippen LogP contribution is -2.30. The van der Waals surface area contributed by atoms with Gasteiger partial charge in [0.05, 0.1) is 5.69 Å². The summed E-state index contributed by atoms with van der Waals surface area (Å²) in [4.78, 5) is 25.5. The molecule has 1 N–H and O–H groups in total. The van der Waals surface area contributed by atoms with Gasteiger partial charge in [0.1, 0.15) is 5.70 Å². The molecule has 1 heterocycles. The van der Waals surface area contributed by atoms with E-state index in [1.54, 1.807) is 48.5 Å². The number of hydrogen-bond acceptors (Lipinski definition) is 2. The molecule has 2 aromatic rings. The second kappa shape index (κ2) is 5.42. The van der Waals surface area contributed by atoms with Crippen LogP contribution in [0.2, 0.25) is 5.02 Å². The van der Waals surface area contributed by atoms with Gasteiger partial charge in [0, 0.05) is 5.02 Å². The maximum atomic E-state index is 12.4. The Morgan fingerprint density at radius 1 is 0.952 bits per heavy atom. The third-order valence-electron chi connectivity index (χ3n) is 3.10. The fraction of sp³-hybridized carbons (Fsp3) is 0. The van der Waals surface area contributed by atoms with Gasteiger partial charge in [-0.25, -0.2) is 9.69 Å². The molecule has 4 nitrogen and oxygen atoms in total. The fourth-order valence-corrected chi connectivity index (χ4v) is 2.28. The van der Waals surface area contributed by atoms with Crippen molar-refractivity contribution in [2.75, 3.05) is 4.90 Å². The Morgan fingerprint density at radius 2 is 1.62 bits per heavy atom. The number of carbonyl (C=O) groups is 2. The summed E-state index contributed by atoms with van der Waals surface area (Å²) in [5.41, 5.74) is 1.41. The zero-order valence-corrected chi connectivity index (χ0v) is 11.7. The second-order valence-corrected chi connectivity index (χ2v) is 4.89. The van der Waals surface area contributed by atoms with Crippen molar-refractivity contribution in [3.05, 3.63) is 70.9 Å². The molecule has 0 spiro atoms. The molecule has 0 bridgehead atoms. The SMILES string of the molecule is O=C1N/C(=C/c2ccccc2Cl)C(=O)N1c1ccccc1. The molecule has 3 rings (SSSR count). The van der Waals surface area contributed by atoms with Crippen LogP contribution >= 0.6 is 11.6 Å². The lowest BCUT2D eigenvalue weighted by Gasteiger charge is -2.10. The van der Waals surface area contributed by atoms with E-state index in [0.29, 0.717) is 16.3 Å². The monoisotopic (exact) mass is 298 g/mol. The highest BCUT2D eigenvalue weighted by atomic mass is 35.5. The first-order valence-corrected chi connectivity index (χ1v) is 6.71. The summed E-state index contributed by atoms with van der Waals surface area (Å²) < 4.78 is 0. The van der Waals surface area contributed by atoms with E-state index >= 15 is 0 Å². The van der Waals surface area contributed by atoms with Crippen molar-refractivity contribution < 1.29 is 9.59 Å². The van der Waals surface area contributed by atoms with Gasteiger partial charge in [0.2, 0.25) is 0 Å². The Kier molecular flexibility index (Phi) is 3.46. The zero-order valence-electron chi connectivity index (χ0n) is 10.9. The van der Waals surface area contributed by atoms with Gasteiger partial charge >= 0.3 is 6.03 Å². The summed E-state index contributed by atoms with van der Waals surface area (Å²) in [5, 5.41) is 3.09. The number of carbonyl (C=O) groups excluding carboxylic acids is 2. The van der Waals surface area contributed by atoms with Crippen LogP contribution in [0.4, 0.5) is 10.5 Å². The first-order chi connectivity index (χ1) is 10.2. The van der Waals surface area contributed by atoms with E-state index in [-0.39, 0.29) is 5.70 Å². The van der Waals surface area contributed by atoms with Crippen molar-refractivity contribution in [2.24, 2.45) is 0 Å². The van der Waals surface area contributed by atoms with Gasteiger partial charge in [-0.1, -0.05) is 48.0 Å². The number of anilines is 1. The molecule has 3 amide bonds. The molecule has 104 valence electrons. The minimum absolute atomic E-state index is 0.206. The Morgan fingerprint density at radius 3 is 2.33 bits per heavy atom. The summed E-state index contributed by atoms with van der Waals surface area (Å²) in [7, 11) is 0. The van der Waals surface area contributed by atoms with Gasteiger partial charge in [-0.3, -0.25) is 4.79 Å². The van der Waals surface area contributed by atoms with E-state index in [4.69, 9.17) is 11.6 Å². The van der Waals surface area contributed by atoms with E-state index < -0.39 is 11.9 Å². The van der Waals surface area contributed by atoms with Crippen LogP contribution in [-0.2, 0) is 4.79 Å². The molecular formula is C16H11ClN2O2. The summed E-state index contributed by atoms with van der Waals surface area (Å²) in [5.74, 6) is -0.397. The number of halogens is 1. The topological polar surface area (TPSA) is 49.4 Å². The van der Waals surface area contributed by atoms with Crippen LogP contribution in [0.3, 0.4) is 0 Å². The molecule has 0 aromatic heterocycles. The van der Waals surface area contributed by atoms with Crippen LogP contribution in [0.5, 0.6) is 0 Å². The predicted octanol–water partition coefficient (Wildman–Crippen LogP) is 3.44. The first kappa shape index (κ1) is 13.4. The molecule has 21 heavy (non-hydrogen) atoms. The van der Waals surface area contributed by atoms with E-state index in [9.17, 15) is 9.59 Å². The van der Waals surface area contributed by atoms with E-state index in [2.05, 4.69) is 5.32 Å². The molecule has 5 heteroatoms. The average molecular weight is 299 g/mol. The number of para-hydroxylation sites is 1. The van der Waals surface area contributed by atoms with Crippen LogP contribution in [-0.4, -0.2) is 11.9 Å². The molecule has 1 fully saturated rings. The lowest BCUT2D eigenvalue weighted by molar-refractivity contribution is -0.113. The molecule has 0 unspecified atom stereocenters. The molecule has 1 aliphatic rings. The van der Waals surface area contributed by atoms with Crippen LogP contribution < -0.4 is 10.2 Å². The number of urea groups is 1. The van der Waals surface area contributed by atoms with Crippen molar-refractivity contribution >= 4 is 35.3 Å². The summed E-state index contributed by atoms with van der Waals surface area (Å²) >= 11 is 6.06. The number of amides is 3. The maximum absolute atomic E-state index is 12.4. The van der Waals surface area contributed by atoms with Crippen LogP contribution in [0.15, 0.2) is 60.3 Å². The number of rotatable bonds is 2. The third kappa shape index (κ3) is 2.53. The Labute approximate surface area is 126 Å². The van der Waals surface area contributed by atoms with Crippen molar-refractivity contribution in [3.8, 4) is 0 Å². The maximum Gasteiger partial charge on any atom is 0.333 e. The molecular weight excluding hydrogens is 288 g/mol. The molecule has 2 aromatic carbocycles. The third-order valence-corrected chi connectivity index (χ3v) is 3.44. The number of nitrogens with one attached hydrogen (secondary N) is 1. The number of benzene rings is 2. The van der Waals surface area contributed by atoms with Crippen molar-refractivity contribution in [2.45, 2.75) is 0 Å². The van der Waals surface area contributed by atoms with Gasteiger partial charge in [-0.15, -0.1) is 0 Å². The van der Waals surface area contributed by atoms with Gasteiger partial charge in [0.15, 0.2) is 0 Å². The lowest BCUT2D eigenvalue weighted by atomic mass is 10.2. The molecule has 0 radical (unpaired) electrons. The molecule has 0 saturated carbocycles. The standard InChI is InChI=1S/C16H11ClN2O2/c17-13-9-5-4-6-11(13)10-14-15(20)19(16(21)18-14)12-7-2-1-3-8-12/h1-10H,(H,18,21)/b14-10+. The summed E-state index contributed by atoms with van der Waals surface area (Å²) in [6, 6.07) is 15.4. The normalized spacial score (nSPS) is 16.4. The van der Waals surface area contributed by atoms with Crippen molar-refractivity contribution in [1.29, 1.82) is 0 Å². The van der Waals surface area contributed by atoms with Crippen LogP contribution in [0.1, 0.15) is 5.56 Å². The Balaban J connectivity index is 1.96. The first-order valence-electron chi connectivity index (χ1n) is 6.33. The minimum atomic E-state index is -0.468. The van der Waals surface area contributed by atoms with Crippen LogP contribution in [0, 0.1) is 0 Å². The quantitative estimate of drug-likeness (QED) is 0.682. The summed E-state index contributed by atoms with van der Waals surface area (Å²) in [6.45, 7) is 0. The highest BCUT2D eigenvalue weighted by Crippen LogP contribution is 2.23.